The van der Waals surface area contributed by atoms with E-state index in [0.717, 1.165) is 25.1 Å². The monoisotopic (exact) mass is 343 g/mol. The van der Waals surface area contributed by atoms with E-state index in [1.54, 1.807) is 27.6 Å². The summed E-state index contributed by atoms with van der Waals surface area (Å²) in [6.07, 6.45) is 3.82. The van der Waals surface area contributed by atoms with Gasteiger partial charge >= 0.3 is 0 Å². The van der Waals surface area contributed by atoms with Gasteiger partial charge in [-0.15, -0.1) is 0 Å². The van der Waals surface area contributed by atoms with E-state index in [1.165, 1.54) is 0 Å². The molecule has 7 heteroatoms. The van der Waals surface area contributed by atoms with Gasteiger partial charge in [0.1, 0.15) is 0 Å². The Morgan fingerprint density at radius 1 is 1.25 bits per heavy atom. The van der Waals surface area contributed by atoms with E-state index in [2.05, 4.69) is 16.8 Å². The predicted octanol–water partition coefficient (Wildman–Crippen LogP) is 2.76. The number of aryl methyl sites for hydroxylation is 1. The number of rotatable bonds is 2. The minimum Gasteiger partial charge on any atom is -0.339 e. The maximum Gasteiger partial charge on any atom is 0.287 e. The summed E-state index contributed by atoms with van der Waals surface area (Å²) in [5.41, 5.74) is 1.58. The van der Waals surface area contributed by atoms with Gasteiger partial charge in [0.2, 0.25) is 5.95 Å². The lowest BCUT2D eigenvalue weighted by Crippen LogP contribution is -2.34. The highest BCUT2D eigenvalue weighted by atomic mass is 35.5. The highest BCUT2D eigenvalue weighted by Crippen LogP contribution is 2.26. The zero-order chi connectivity index (χ0) is 16.8. The van der Waals surface area contributed by atoms with Gasteiger partial charge in [-0.2, -0.15) is 4.98 Å². The maximum atomic E-state index is 13.1. The molecule has 3 aromatic rings. The average molecular weight is 344 g/mol. The van der Waals surface area contributed by atoms with Crippen LogP contribution in [0.1, 0.15) is 19.8 Å². The van der Waals surface area contributed by atoms with E-state index in [9.17, 15) is 4.79 Å². The number of nitrogens with zero attached hydrogens (tertiary/aromatic N) is 5. The first-order chi connectivity index (χ1) is 11.6. The van der Waals surface area contributed by atoms with Gasteiger partial charge in [-0.05, 0) is 44.0 Å². The van der Waals surface area contributed by atoms with E-state index < -0.39 is 0 Å². The molecule has 1 aromatic carbocycles. The fourth-order valence-corrected chi connectivity index (χ4v) is 3.42. The molecular formula is C17H18ClN5O. The lowest BCUT2D eigenvalue weighted by molar-refractivity contribution is 0.702. The number of imidazole rings is 1. The second kappa shape index (κ2) is 5.63. The number of anilines is 1. The van der Waals surface area contributed by atoms with Crippen LogP contribution < -0.4 is 10.5 Å². The lowest BCUT2D eigenvalue weighted by Gasteiger charge is -2.25. The number of halogens is 1. The first-order valence-electron chi connectivity index (χ1n) is 8.03. The molecule has 1 aliphatic heterocycles. The van der Waals surface area contributed by atoms with Crippen molar-refractivity contribution in [3.05, 3.63) is 46.0 Å². The third-order valence-electron chi connectivity index (χ3n) is 4.61. The largest absolute Gasteiger partial charge is 0.339 e. The van der Waals surface area contributed by atoms with Crippen LogP contribution in [0.3, 0.4) is 0 Å². The van der Waals surface area contributed by atoms with Gasteiger partial charge in [0, 0.05) is 24.7 Å². The molecular weight excluding hydrogens is 326 g/mol. The van der Waals surface area contributed by atoms with E-state index in [1.807, 2.05) is 19.2 Å². The number of hydrogen-bond acceptors (Lipinski definition) is 4. The van der Waals surface area contributed by atoms with Crippen LogP contribution in [-0.4, -0.2) is 31.7 Å². The Labute approximate surface area is 144 Å². The Kier molecular flexibility index (Phi) is 3.57. The normalized spacial score (nSPS) is 17.8. The first-order valence-corrected chi connectivity index (χ1v) is 8.40. The van der Waals surface area contributed by atoms with E-state index >= 15 is 0 Å². The lowest BCUT2D eigenvalue weighted by atomic mass is 10.2. The predicted molar refractivity (Wildman–Crippen MR) is 95.2 cm³/mol. The fraction of sp³-hybridized carbons (Fsp3) is 0.353. The van der Waals surface area contributed by atoms with Crippen molar-refractivity contribution in [2.24, 2.45) is 7.05 Å². The molecule has 0 radical (unpaired) electrons. The highest BCUT2D eigenvalue weighted by molar-refractivity contribution is 6.30. The molecule has 124 valence electrons. The summed E-state index contributed by atoms with van der Waals surface area (Å²) in [6.45, 7) is 3.06. The minimum atomic E-state index is -0.156. The third kappa shape index (κ3) is 2.29. The zero-order valence-corrected chi connectivity index (χ0v) is 14.4. The van der Waals surface area contributed by atoms with Gasteiger partial charge in [-0.25, -0.2) is 9.55 Å². The molecule has 4 rings (SSSR count). The van der Waals surface area contributed by atoms with Crippen molar-refractivity contribution in [1.82, 2.24) is 19.1 Å². The van der Waals surface area contributed by atoms with E-state index in [-0.39, 0.29) is 5.56 Å². The van der Waals surface area contributed by atoms with Crippen LogP contribution in [-0.2, 0) is 7.05 Å². The summed E-state index contributed by atoms with van der Waals surface area (Å²) >= 11 is 6.00. The molecule has 3 heterocycles. The fourth-order valence-electron chi connectivity index (χ4n) is 3.29. The number of aromatic nitrogens is 4. The molecule has 0 saturated carbocycles. The molecule has 0 bridgehead atoms. The Morgan fingerprint density at radius 3 is 2.67 bits per heavy atom. The van der Waals surface area contributed by atoms with E-state index in [4.69, 9.17) is 16.6 Å². The van der Waals surface area contributed by atoms with Gasteiger partial charge in [0.05, 0.1) is 12.0 Å². The Bertz CT molecular complexity index is 960. The molecule has 24 heavy (non-hydrogen) atoms. The summed E-state index contributed by atoms with van der Waals surface area (Å²) in [4.78, 5) is 24.3. The molecule has 1 atom stereocenters. The minimum absolute atomic E-state index is 0.156. The summed E-state index contributed by atoms with van der Waals surface area (Å²) in [6, 6.07) is 7.59. The quantitative estimate of drug-likeness (QED) is 0.718. The second-order valence-corrected chi connectivity index (χ2v) is 6.68. The zero-order valence-electron chi connectivity index (χ0n) is 13.6. The summed E-state index contributed by atoms with van der Waals surface area (Å²) in [5, 5.41) is 0.634. The summed E-state index contributed by atoms with van der Waals surface area (Å²) in [5.74, 6) is 0.670. The topological polar surface area (TPSA) is 56.0 Å². The van der Waals surface area contributed by atoms with Crippen LogP contribution in [0.2, 0.25) is 5.02 Å². The van der Waals surface area contributed by atoms with Gasteiger partial charge < -0.3 is 9.47 Å². The molecule has 0 aliphatic carbocycles. The molecule has 6 nitrogen and oxygen atoms in total. The van der Waals surface area contributed by atoms with Gasteiger partial charge in [-0.1, -0.05) is 11.6 Å². The van der Waals surface area contributed by atoms with Crippen LogP contribution in [0.5, 0.6) is 0 Å². The maximum absolute atomic E-state index is 13.1. The summed E-state index contributed by atoms with van der Waals surface area (Å²) in [7, 11) is 1.85. The molecule has 0 amide bonds. The van der Waals surface area contributed by atoms with Crippen molar-refractivity contribution in [2.75, 3.05) is 11.4 Å². The first kappa shape index (κ1) is 15.2. The Morgan fingerprint density at radius 2 is 2.00 bits per heavy atom. The number of fused-ring (bicyclic) bond motifs is 1. The molecule has 1 unspecified atom stereocenters. The Hall–Kier alpha value is -2.34. The molecule has 1 aliphatic rings. The average Bonchev–Trinajstić information content (AvgIpc) is 3.15. The molecule has 2 aromatic heterocycles. The number of hydrogen-bond donors (Lipinski definition) is 0. The van der Waals surface area contributed by atoms with Crippen molar-refractivity contribution in [3.8, 4) is 5.69 Å². The standard InChI is InChI=1S/C17H18ClN5O/c1-11-4-3-9-22(11)17-20-15-14(19-10-21(15)2)16(24)23(17)13-7-5-12(18)6-8-13/h5-8,10-11H,3-4,9H2,1-2H3. The van der Waals surface area contributed by atoms with Crippen LogP contribution in [0, 0.1) is 0 Å². The van der Waals surface area contributed by atoms with Gasteiger partial charge in [0.25, 0.3) is 5.56 Å². The third-order valence-corrected chi connectivity index (χ3v) is 4.86. The van der Waals surface area contributed by atoms with Crippen molar-refractivity contribution >= 4 is 28.7 Å². The van der Waals surface area contributed by atoms with E-state index in [0.29, 0.717) is 28.2 Å². The van der Waals surface area contributed by atoms with Crippen LogP contribution in [0.25, 0.3) is 16.9 Å². The SMILES string of the molecule is CC1CCCN1c1nc2c(ncn2C)c(=O)n1-c1ccc(Cl)cc1. The van der Waals surface area contributed by atoms with Crippen molar-refractivity contribution in [2.45, 2.75) is 25.8 Å². The molecule has 1 fully saturated rings. The molecule has 0 spiro atoms. The van der Waals surface area contributed by atoms with Crippen molar-refractivity contribution in [1.29, 1.82) is 0 Å². The summed E-state index contributed by atoms with van der Waals surface area (Å²) < 4.78 is 3.43. The van der Waals surface area contributed by atoms with Gasteiger partial charge in [-0.3, -0.25) is 4.79 Å². The van der Waals surface area contributed by atoms with Gasteiger partial charge in [0.15, 0.2) is 11.2 Å². The van der Waals surface area contributed by atoms with Crippen LogP contribution in [0.4, 0.5) is 5.95 Å². The molecule has 1 saturated heterocycles. The second-order valence-electron chi connectivity index (χ2n) is 6.24. The Balaban J connectivity index is 2.03. The highest BCUT2D eigenvalue weighted by Gasteiger charge is 2.27. The van der Waals surface area contributed by atoms with Crippen molar-refractivity contribution < 1.29 is 0 Å². The number of benzene rings is 1. The van der Waals surface area contributed by atoms with Crippen molar-refractivity contribution in [3.63, 3.8) is 0 Å². The smallest absolute Gasteiger partial charge is 0.287 e. The van der Waals surface area contributed by atoms with Crippen LogP contribution in [0.15, 0.2) is 35.4 Å². The molecule has 0 N–H and O–H groups in total. The van der Waals surface area contributed by atoms with Crippen LogP contribution >= 0.6 is 11.6 Å².